The van der Waals surface area contributed by atoms with Gasteiger partial charge in [0.2, 0.25) is 0 Å². The van der Waals surface area contributed by atoms with Crippen molar-refractivity contribution in [3.05, 3.63) is 35.2 Å². The van der Waals surface area contributed by atoms with Crippen molar-refractivity contribution in [1.29, 1.82) is 0 Å². The molecule has 1 unspecified atom stereocenters. The van der Waals surface area contributed by atoms with Gasteiger partial charge >= 0.3 is 0 Å². The number of hydrogen-bond acceptors (Lipinski definition) is 3. The molecule has 0 bridgehead atoms. The van der Waals surface area contributed by atoms with Crippen LogP contribution >= 0.6 is 23.7 Å². The lowest BCUT2D eigenvalue weighted by Crippen LogP contribution is -2.15. The first-order valence-electron chi connectivity index (χ1n) is 5.48. The lowest BCUT2D eigenvalue weighted by molar-refractivity contribution is 0.158. The second-order valence-corrected chi connectivity index (χ2v) is 5.41. The summed E-state index contributed by atoms with van der Waals surface area (Å²) in [4.78, 5) is 3.17. The van der Waals surface area contributed by atoms with Gasteiger partial charge in [0.15, 0.2) is 0 Å². The Morgan fingerprint density at radius 1 is 1.29 bits per heavy atom. The van der Waals surface area contributed by atoms with Crippen LogP contribution in [0.3, 0.4) is 0 Å². The van der Waals surface area contributed by atoms with Gasteiger partial charge in [-0.3, -0.25) is 0 Å². The molecule has 0 amide bonds. The Hall–Kier alpha value is -0.610. The highest BCUT2D eigenvalue weighted by Gasteiger charge is 2.11. The van der Waals surface area contributed by atoms with Gasteiger partial charge in [0.05, 0.1) is 6.10 Å². The van der Waals surface area contributed by atoms with E-state index >= 15 is 0 Å². The summed E-state index contributed by atoms with van der Waals surface area (Å²) < 4.78 is 1.25. The predicted octanol–water partition coefficient (Wildman–Crippen LogP) is 3.31. The number of halogens is 1. The van der Waals surface area contributed by atoms with Crippen LogP contribution in [0.15, 0.2) is 30.3 Å². The molecule has 0 spiro atoms. The zero-order chi connectivity index (χ0) is 11.5. The molecule has 0 fully saturated rings. The molecule has 1 N–H and O–H groups in total. The molecule has 1 atom stereocenters. The van der Waals surface area contributed by atoms with Crippen LogP contribution in [0.25, 0.3) is 10.1 Å². The highest BCUT2D eigenvalue weighted by Crippen LogP contribution is 2.30. The van der Waals surface area contributed by atoms with Crippen molar-refractivity contribution < 1.29 is 5.11 Å². The van der Waals surface area contributed by atoms with E-state index in [2.05, 4.69) is 23.1 Å². The first kappa shape index (κ1) is 14.5. The van der Waals surface area contributed by atoms with Gasteiger partial charge in [0, 0.05) is 16.1 Å². The zero-order valence-corrected chi connectivity index (χ0v) is 11.7. The van der Waals surface area contributed by atoms with Gasteiger partial charge in [0.1, 0.15) is 0 Å². The van der Waals surface area contributed by atoms with Gasteiger partial charge < -0.3 is 10.0 Å². The van der Waals surface area contributed by atoms with Crippen LogP contribution in [0.5, 0.6) is 0 Å². The Kier molecular flexibility index (Phi) is 5.40. The minimum Gasteiger partial charge on any atom is -0.388 e. The SMILES string of the molecule is CN(C)CCC(O)c1cc2ccccc2s1.Cl. The van der Waals surface area contributed by atoms with Crippen molar-refractivity contribution in [1.82, 2.24) is 4.90 Å². The first-order chi connectivity index (χ1) is 7.66. The zero-order valence-electron chi connectivity index (χ0n) is 10.1. The second-order valence-electron chi connectivity index (χ2n) is 4.29. The van der Waals surface area contributed by atoms with Crippen molar-refractivity contribution in [3.8, 4) is 0 Å². The minimum absolute atomic E-state index is 0. The summed E-state index contributed by atoms with van der Waals surface area (Å²) in [5.41, 5.74) is 0. The van der Waals surface area contributed by atoms with E-state index in [0.717, 1.165) is 17.8 Å². The Morgan fingerprint density at radius 3 is 2.65 bits per heavy atom. The number of nitrogens with zero attached hydrogens (tertiary/aromatic N) is 1. The monoisotopic (exact) mass is 271 g/mol. The fourth-order valence-electron chi connectivity index (χ4n) is 1.69. The van der Waals surface area contributed by atoms with E-state index in [0.29, 0.717) is 0 Å². The fourth-order valence-corrected chi connectivity index (χ4v) is 2.77. The molecule has 1 aromatic heterocycles. The van der Waals surface area contributed by atoms with Gasteiger partial charge in [0.25, 0.3) is 0 Å². The minimum atomic E-state index is -0.334. The Balaban J connectivity index is 0.00000144. The van der Waals surface area contributed by atoms with Crippen LogP contribution in [0.2, 0.25) is 0 Å². The highest BCUT2D eigenvalue weighted by molar-refractivity contribution is 7.19. The Bertz CT molecular complexity index is 436. The first-order valence-corrected chi connectivity index (χ1v) is 6.30. The summed E-state index contributed by atoms with van der Waals surface area (Å²) in [6, 6.07) is 10.4. The average Bonchev–Trinajstić information content (AvgIpc) is 2.69. The van der Waals surface area contributed by atoms with Crippen LogP contribution in [0.1, 0.15) is 17.4 Å². The van der Waals surface area contributed by atoms with Gasteiger partial charge in [-0.15, -0.1) is 23.7 Å². The summed E-state index contributed by atoms with van der Waals surface area (Å²) in [5.74, 6) is 0. The summed E-state index contributed by atoms with van der Waals surface area (Å²) >= 11 is 1.69. The molecule has 0 radical (unpaired) electrons. The van der Waals surface area contributed by atoms with E-state index in [9.17, 15) is 5.11 Å². The number of benzene rings is 1. The number of hydrogen-bond donors (Lipinski definition) is 1. The summed E-state index contributed by atoms with van der Waals surface area (Å²) in [6.07, 6.45) is 0.458. The largest absolute Gasteiger partial charge is 0.388 e. The maximum Gasteiger partial charge on any atom is 0.0894 e. The molecule has 17 heavy (non-hydrogen) atoms. The van der Waals surface area contributed by atoms with Crippen molar-refractivity contribution >= 4 is 33.8 Å². The average molecular weight is 272 g/mol. The van der Waals surface area contributed by atoms with Crippen LogP contribution in [-0.2, 0) is 0 Å². The van der Waals surface area contributed by atoms with Crippen molar-refractivity contribution in [3.63, 3.8) is 0 Å². The van der Waals surface area contributed by atoms with E-state index in [1.807, 2.05) is 26.2 Å². The van der Waals surface area contributed by atoms with Crippen LogP contribution in [-0.4, -0.2) is 30.6 Å². The van der Waals surface area contributed by atoms with E-state index in [1.165, 1.54) is 10.1 Å². The molecule has 4 heteroatoms. The molecular formula is C13H18ClNOS. The van der Waals surface area contributed by atoms with Crippen molar-refractivity contribution in [2.75, 3.05) is 20.6 Å². The molecule has 0 saturated carbocycles. The lowest BCUT2D eigenvalue weighted by Gasteiger charge is -2.12. The molecule has 1 heterocycles. The predicted molar refractivity (Wildman–Crippen MR) is 77.2 cm³/mol. The normalized spacial score (nSPS) is 12.7. The molecule has 0 saturated heterocycles. The summed E-state index contributed by atoms with van der Waals surface area (Å²) in [5, 5.41) is 11.3. The van der Waals surface area contributed by atoms with E-state index < -0.39 is 0 Å². The summed E-state index contributed by atoms with van der Waals surface area (Å²) in [7, 11) is 4.05. The standard InChI is InChI=1S/C13H17NOS.ClH/c1-14(2)8-7-11(15)13-9-10-5-3-4-6-12(10)16-13;/h3-6,9,11,15H,7-8H2,1-2H3;1H. The van der Waals surface area contributed by atoms with Gasteiger partial charge in [-0.1, -0.05) is 18.2 Å². The van der Waals surface area contributed by atoms with Gasteiger partial charge in [-0.2, -0.15) is 0 Å². The third-order valence-corrected chi connectivity index (χ3v) is 3.84. The van der Waals surface area contributed by atoms with E-state index in [4.69, 9.17) is 0 Å². The molecule has 94 valence electrons. The number of aliphatic hydroxyl groups is 1. The van der Waals surface area contributed by atoms with Gasteiger partial charge in [-0.05, 0) is 38.0 Å². The molecule has 0 aliphatic rings. The van der Waals surface area contributed by atoms with Gasteiger partial charge in [-0.25, -0.2) is 0 Å². The Morgan fingerprint density at radius 2 is 2.00 bits per heavy atom. The second kappa shape index (κ2) is 6.36. The molecule has 2 nitrogen and oxygen atoms in total. The topological polar surface area (TPSA) is 23.5 Å². The van der Waals surface area contributed by atoms with Crippen molar-refractivity contribution in [2.24, 2.45) is 0 Å². The number of thiophene rings is 1. The molecular weight excluding hydrogens is 254 g/mol. The third kappa shape index (κ3) is 3.68. The van der Waals surface area contributed by atoms with E-state index in [-0.39, 0.29) is 18.5 Å². The molecule has 2 rings (SSSR count). The lowest BCUT2D eigenvalue weighted by atomic mass is 10.2. The molecule has 1 aromatic carbocycles. The maximum atomic E-state index is 10.1. The maximum absolute atomic E-state index is 10.1. The quantitative estimate of drug-likeness (QED) is 0.922. The smallest absolute Gasteiger partial charge is 0.0894 e. The Labute approximate surface area is 112 Å². The number of aliphatic hydroxyl groups excluding tert-OH is 1. The highest BCUT2D eigenvalue weighted by atomic mass is 35.5. The van der Waals surface area contributed by atoms with Crippen LogP contribution in [0, 0.1) is 0 Å². The summed E-state index contributed by atoms with van der Waals surface area (Å²) in [6.45, 7) is 0.912. The molecule has 2 aromatic rings. The van der Waals surface area contributed by atoms with E-state index in [1.54, 1.807) is 11.3 Å². The van der Waals surface area contributed by atoms with Crippen molar-refractivity contribution in [2.45, 2.75) is 12.5 Å². The molecule has 0 aliphatic carbocycles. The number of fused-ring (bicyclic) bond motifs is 1. The van der Waals surface area contributed by atoms with Crippen LogP contribution < -0.4 is 0 Å². The number of rotatable bonds is 4. The molecule has 0 aliphatic heterocycles. The fraction of sp³-hybridized carbons (Fsp3) is 0.385. The third-order valence-electron chi connectivity index (χ3n) is 2.62. The van der Waals surface area contributed by atoms with Crippen LogP contribution in [0.4, 0.5) is 0 Å².